The summed E-state index contributed by atoms with van der Waals surface area (Å²) in [7, 11) is 0. The average Bonchev–Trinajstić information content (AvgIpc) is 2.76. The highest BCUT2D eigenvalue weighted by molar-refractivity contribution is 6.31. The Kier molecular flexibility index (Phi) is 3.41. The topological polar surface area (TPSA) is 46.2 Å². The van der Waals surface area contributed by atoms with Gasteiger partial charge in [-0.2, -0.15) is 0 Å². The molecule has 0 saturated heterocycles. The van der Waals surface area contributed by atoms with Gasteiger partial charge in [-0.3, -0.25) is 9.59 Å². The van der Waals surface area contributed by atoms with E-state index in [2.05, 4.69) is 19.2 Å². The fourth-order valence-corrected chi connectivity index (χ4v) is 4.55. The number of carbonyl (C=O) groups is 2. The van der Waals surface area contributed by atoms with Gasteiger partial charge in [0.25, 0.3) is 0 Å². The Bertz CT molecular complexity index is 654. The maximum absolute atomic E-state index is 12.9. The van der Waals surface area contributed by atoms with E-state index in [0.29, 0.717) is 18.0 Å². The molecule has 1 N–H and O–H groups in total. The third-order valence-corrected chi connectivity index (χ3v) is 6.91. The van der Waals surface area contributed by atoms with Gasteiger partial charge in [-0.25, -0.2) is 0 Å². The van der Waals surface area contributed by atoms with Crippen LogP contribution in [0.25, 0.3) is 0 Å². The van der Waals surface area contributed by atoms with Gasteiger partial charge in [-0.1, -0.05) is 50.6 Å². The molecule has 2 saturated carbocycles. The Labute approximate surface area is 136 Å². The Hall–Kier alpha value is -1.35. The molecule has 118 valence electrons. The highest BCUT2D eigenvalue weighted by atomic mass is 35.5. The van der Waals surface area contributed by atoms with Crippen LogP contribution in [0.4, 0.5) is 0 Å². The van der Waals surface area contributed by atoms with Crippen molar-refractivity contribution in [3.63, 3.8) is 0 Å². The van der Waals surface area contributed by atoms with Crippen LogP contribution in [0.15, 0.2) is 24.3 Å². The van der Waals surface area contributed by atoms with E-state index in [9.17, 15) is 9.59 Å². The lowest BCUT2D eigenvalue weighted by Gasteiger charge is -2.38. The minimum Gasteiger partial charge on any atom is -0.351 e. The van der Waals surface area contributed by atoms with Crippen molar-refractivity contribution < 1.29 is 9.59 Å². The van der Waals surface area contributed by atoms with Gasteiger partial charge in [0.1, 0.15) is 5.78 Å². The third kappa shape index (κ3) is 1.81. The van der Waals surface area contributed by atoms with Crippen molar-refractivity contribution in [2.45, 2.75) is 46.6 Å². The summed E-state index contributed by atoms with van der Waals surface area (Å²) in [6.45, 7) is 6.56. The number of ketones is 1. The smallest absolute Gasteiger partial charge is 0.227 e. The first-order valence-electron chi connectivity index (χ1n) is 7.80. The van der Waals surface area contributed by atoms with Crippen LogP contribution in [0.2, 0.25) is 5.02 Å². The zero-order chi connectivity index (χ0) is 16.2. The first-order chi connectivity index (χ1) is 10.2. The number of amides is 1. The highest BCUT2D eigenvalue weighted by Gasteiger charge is 2.72. The summed E-state index contributed by atoms with van der Waals surface area (Å²) < 4.78 is 0. The molecule has 2 atom stereocenters. The van der Waals surface area contributed by atoms with Crippen LogP contribution < -0.4 is 5.32 Å². The van der Waals surface area contributed by atoms with Crippen LogP contribution in [-0.2, 0) is 16.1 Å². The fraction of sp³-hybridized carbons (Fsp3) is 0.556. The number of halogens is 1. The number of hydrogen-bond acceptors (Lipinski definition) is 2. The molecule has 0 aliphatic heterocycles. The van der Waals surface area contributed by atoms with Gasteiger partial charge < -0.3 is 5.32 Å². The normalized spacial score (nSPS) is 32.3. The highest BCUT2D eigenvalue weighted by Crippen LogP contribution is 2.70. The number of benzene rings is 1. The van der Waals surface area contributed by atoms with Gasteiger partial charge in [0.2, 0.25) is 5.91 Å². The predicted molar refractivity (Wildman–Crippen MR) is 86.5 cm³/mol. The van der Waals surface area contributed by atoms with E-state index in [1.165, 1.54) is 0 Å². The molecule has 22 heavy (non-hydrogen) atoms. The van der Waals surface area contributed by atoms with Crippen LogP contribution in [0.1, 0.15) is 45.6 Å². The largest absolute Gasteiger partial charge is 0.351 e. The lowest BCUT2D eigenvalue weighted by atomic mass is 9.64. The van der Waals surface area contributed by atoms with Gasteiger partial charge >= 0.3 is 0 Å². The van der Waals surface area contributed by atoms with Gasteiger partial charge in [0.05, 0.1) is 5.41 Å². The minimum atomic E-state index is -0.569. The molecule has 0 heterocycles. The minimum absolute atomic E-state index is 0.00741. The van der Waals surface area contributed by atoms with Gasteiger partial charge in [-0.05, 0) is 29.9 Å². The molecule has 2 bridgehead atoms. The standard InChI is InChI=1S/C18H22ClNO2/c1-16(2)17(3)8-9-18(16,10-14(17)21)15(22)20-11-12-6-4-5-7-13(12)19/h4-7H,8-11H2,1-3H3,(H,20,22)/t17-,18+/m0/s1. The van der Waals surface area contributed by atoms with E-state index in [0.717, 1.165) is 18.4 Å². The summed E-state index contributed by atoms with van der Waals surface area (Å²) in [5, 5.41) is 3.67. The summed E-state index contributed by atoms with van der Waals surface area (Å²) in [6.07, 6.45) is 1.96. The second-order valence-corrected chi connectivity index (χ2v) is 7.82. The van der Waals surface area contributed by atoms with Crippen molar-refractivity contribution in [3.8, 4) is 0 Å². The fourth-order valence-electron chi connectivity index (χ4n) is 4.35. The second-order valence-electron chi connectivity index (χ2n) is 7.41. The maximum Gasteiger partial charge on any atom is 0.227 e. The Morgan fingerprint density at radius 1 is 1.23 bits per heavy atom. The number of fused-ring (bicyclic) bond motifs is 2. The number of Topliss-reactive ketones (excluding diaryl/α,β-unsaturated/α-hetero) is 1. The monoisotopic (exact) mass is 319 g/mol. The molecule has 3 rings (SSSR count). The zero-order valence-electron chi connectivity index (χ0n) is 13.3. The van der Waals surface area contributed by atoms with E-state index >= 15 is 0 Å². The molecule has 2 aliphatic carbocycles. The average molecular weight is 320 g/mol. The zero-order valence-corrected chi connectivity index (χ0v) is 14.1. The summed E-state index contributed by atoms with van der Waals surface area (Å²) in [5.74, 6) is 0.226. The quantitative estimate of drug-likeness (QED) is 0.922. The van der Waals surface area contributed by atoms with Gasteiger partial charge in [0, 0.05) is 23.4 Å². The molecule has 0 radical (unpaired) electrons. The number of carbonyl (C=O) groups excluding carboxylic acids is 2. The van der Waals surface area contributed by atoms with Crippen molar-refractivity contribution in [2.24, 2.45) is 16.2 Å². The molecular formula is C18H22ClNO2. The Morgan fingerprint density at radius 3 is 2.45 bits per heavy atom. The van der Waals surface area contributed by atoms with Crippen LogP contribution in [0.5, 0.6) is 0 Å². The number of hydrogen-bond donors (Lipinski definition) is 1. The van der Waals surface area contributed by atoms with E-state index in [1.54, 1.807) is 0 Å². The number of rotatable bonds is 3. The second kappa shape index (κ2) is 4.82. The Morgan fingerprint density at radius 2 is 1.91 bits per heavy atom. The van der Waals surface area contributed by atoms with Crippen molar-refractivity contribution in [3.05, 3.63) is 34.9 Å². The van der Waals surface area contributed by atoms with E-state index in [-0.39, 0.29) is 22.5 Å². The first-order valence-corrected chi connectivity index (χ1v) is 8.17. The molecule has 2 aliphatic rings. The molecule has 1 aromatic rings. The first kappa shape index (κ1) is 15.5. The molecule has 1 amide bonds. The molecule has 2 fully saturated rings. The third-order valence-electron chi connectivity index (χ3n) is 6.54. The SMILES string of the molecule is CC1(C)[C@]2(C(=O)NCc3ccccc3Cl)CC[C@@]1(C)C(=O)C2. The summed E-state index contributed by atoms with van der Waals surface area (Å²) in [4.78, 5) is 25.3. The van der Waals surface area contributed by atoms with Gasteiger partial charge in [0.15, 0.2) is 0 Å². The van der Waals surface area contributed by atoms with Crippen molar-refractivity contribution in [1.82, 2.24) is 5.32 Å². The lowest BCUT2D eigenvalue weighted by Crippen LogP contribution is -2.46. The molecule has 1 aromatic carbocycles. The molecule has 3 nitrogen and oxygen atoms in total. The van der Waals surface area contributed by atoms with E-state index < -0.39 is 5.41 Å². The van der Waals surface area contributed by atoms with Crippen molar-refractivity contribution >= 4 is 23.3 Å². The molecule has 0 spiro atoms. The van der Waals surface area contributed by atoms with Crippen molar-refractivity contribution in [2.75, 3.05) is 0 Å². The predicted octanol–water partition coefficient (Wildman–Crippen LogP) is 3.74. The van der Waals surface area contributed by atoms with Gasteiger partial charge in [-0.15, -0.1) is 0 Å². The molecule has 0 unspecified atom stereocenters. The molecule has 4 heteroatoms. The Balaban J connectivity index is 1.81. The van der Waals surface area contributed by atoms with Crippen LogP contribution in [-0.4, -0.2) is 11.7 Å². The molecular weight excluding hydrogens is 298 g/mol. The summed E-state index contributed by atoms with van der Waals surface area (Å²) in [6, 6.07) is 7.50. The van der Waals surface area contributed by atoms with Crippen LogP contribution in [0, 0.1) is 16.2 Å². The van der Waals surface area contributed by atoms with Crippen molar-refractivity contribution in [1.29, 1.82) is 0 Å². The van der Waals surface area contributed by atoms with E-state index in [4.69, 9.17) is 11.6 Å². The molecule has 0 aromatic heterocycles. The summed E-state index contributed by atoms with van der Waals surface area (Å²) in [5.41, 5.74) is -0.340. The number of nitrogens with one attached hydrogen (secondary N) is 1. The lowest BCUT2D eigenvalue weighted by molar-refractivity contribution is -0.136. The summed E-state index contributed by atoms with van der Waals surface area (Å²) >= 11 is 6.14. The van der Waals surface area contributed by atoms with Crippen LogP contribution in [0.3, 0.4) is 0 Å². The van der Waals surface area contributed by atoms with Crippen LogP contribution >= 0.6 is 11.6 Å². The van der Waals surface area contributed by atoms with E-state index in [1.807, 2.05) is 31.2 Å². The maximum atomic E-state index is 12.9.